The number of hydrogen-bond acceptors (Lipinski definition) is 4. The van der Waals surface area contributed by atoms with E-state index < -0.39 is 0 Å². The molecule has 0 N–H and O–H groups in total. The van der Waals surface area contributed by atoms with Crippen molar-refractivity contribution in [1.29, 1.82) is 0 Å². The number of nitrogens with zero attached hydrogens (tertiary/aromatic N) is 2. The van der Waals surface area contributed by atoms with Crippen molar-refractivity contribution in [3.8, 4) is 0 Å². The zero-order valence-electron chi connectivity index (χ0n) is 13.4. The average molecular weight is 322 g/mol. The summed E-state index contributed by atoms with van der Waals surface area (Å²) in [7, 11) is 0. The second-order valence-electron chi connectivity index (χ2n) is 6.60. The maximum Gasteiger partial charge on any atom is 0.227 e. The normalized spacial score (nSPS) is 27.0. The number of hydrogen-bond donors (Lipinski definition) is 0. The van der Waals surface area contributed by atoms with Gasteiger partial charge in [0.15, 0.2) is 0 Å². The van der Waals surface area contributed by atoms with Crippen LogP contribution in [0.1, 0.15) is 24.6 Å². The van der Waals surface area contributed by atoms with E-state index in [1.165, 1.54) is 6.42 Å². The Balaban J connectivity index is 1.66. The molecule has 0 radical (unpaired) electrons. The highest BCUT2D eigenvalue weighted by Gasteiger charge is 2.39. The summed E-state index contributed by atoms with van der Waals surface area (Å²) in [6, 6.07) is 4.07. The lowest BCUT2D eigenvalue weighted by Crippen LogP contribution is -2.52. The third kappa shape index (κ3) is 3.70. The van der Waals surface area contributed by atoms with Crippen LogP contribution in [0.4, 0.5) is 0 Å². The highest BCUT2D eigenvalue weighted by Crippen LogP contribution is 2.33. The smallest absolute Gasteiger partial charge is 0.227 e. The number of likely N-dealkylation sites (tertiary alicyclic amines) is 1. The van der Waals surface area contributed by atoms with Gasteiger partial charge in [-0.1, -0.05) is 13.0 Å². The van der Waals surface area contributed by atoms with E-state index in [0.29, 0.717) is 6.42 Å². The number of rotatable bonds is 3. The first-order valence-electron chi connectivity index (χ1n) is 8.31. The van der Waals surface area contributed by atoms with Gasteiger partial charge in [0.05, 0.1) is 19.6 Å². The van der Waals surface area contributed by atoms with Gasteiger partial charge in [-0.15, -0.1) is 11.3 Å². The van der Waals surface area contributed by atoms with Gasteiger partial charge in [-0.2, -0.15) is 0 Å². The van der Waals surface area contributed by atoms with Gasteiger partial charge in [-0.05, 0) is 30.8 Å². The van der Waals surface area contributed by atoms with Crippen molar-refractivity contribution in [3.63, 3.8) is 0 Å². The molecule has 4 nitrogen and oxygen atoms in total. The van der Waals surface area contributed by atoms with E-state index in [9.17, 15) is 4.79 Å². The standard InChI is InChI=1S/C17H26N2O2S/c1-2-18-8-9-21-14-17(12-18)6-4-7-19(13-17)16(20)11-15-5-3-10-22-15/h3,5,10H,2,4,6-9,11-14H2,1H3/t17-/m0/s1. The van der Waals surface area contributed by atoms with Crippen molar-refractivity contribution in [2.45, 2.75) is 26.2 Å². The molecule has 122 valence electrons. The summed E-state index contributed by atoms with van der Waals surface area (Å²) in [6.45, 7) is 8.72. The number of ether oxygens (including phenoxy) is 1. The summed E-state index contributed by atoms with van der Waals surface area (Å²) >= 11 is 1.67. The van der Waals surface area contributed by atoms with Gasteiger partial charge in [0.1, 0.15) is 0 Å². The van der Waals surface area contributed by atoms with Gasteiger partial charge in [0, 0.05) is 36.5 Å². The number of likely N-dealkylation sites (N-methyl/N-ethyl adjacent to an activating group) is 1. The van der Waals surface area contributed by atoms with Crippen LogP contribution in [-0.4, -0.2) is 61.6 Å². The van der Waals surface area contributed by atoms with Gasteiger partial charge in [0.2, 0.25) is 5.91 Å². The zero-order chi connectivity index (χ0) is 15.4. The maximum absolute atomic E-state index is 12.6. The molecule has 3 heterocycles. The van der Waals surface area contributed by atoms with E-state index in [2.05, 4.69) is 22.8 Å². The third-order valence-electron chi connectivity index (χ3n) is 4.89. The van der Waals surface area contributed by atoms with Crippen LogP contribution >= 0.6 is 11.3 Å². The first kappa shape index (κ1) is 16.0. The van der Waals surface area contributed by atoms with Gasteiger partial charge >= 0.3 is 0 Å². The summed E-state index contributed by atoms with van der Waals surface area (Å²) in [5.74, 6) is 0.272. The minimum Gasteiger partial charge on any atom is -0.379 e. The summed E-state index contributed by atoms with van der Waals surface area (Å²) in [5, 5.41) is 2.04. The Bertz CT molecular complexity index is 491. The van der Waals surface area contributed by atoms with Gasteiger partial charge in [-0.3, -0.25) is 4.79 Å². The van der Waals surface area contributed by atoms with Crippen LogP contribution in [0.25, 0.3) is 0 Å². The average Bonchev–Trinajstić information content (AvgIpc) is 2.95. The molecule has 1 aromatic heterocycles. The summed E-state index contributed by atoms with van der Waals surface area (Å²) in [6.07, 6.45) is 2.81. The molecule has 0 aromatic carbocycles. The molecule has 5 heteroatoms. The number of carbonyl (C=O) groups is 1. The molecule has 0 saturated carbocycles. The molecule has 2 saturated heterocycles. The molecule has 22 heavy (non-hydrogen) atoms. The molecule has 2 aliphatic rings. The summed E-state index contributed by atoms with van der Waals surface area (Å²) in [5.41, 5.74) is 0.135. The van der Waals surface area contributed by atoms with E-state index >= 15 is 0 Å². The molecular formula is C17H26N2O2S. The largest absolute Gasteiger partial charge is 0.379 e. The molecule has 0 unspecified atom stereocenters. The highest BCUT2D eigenvalue weighted by atomic mass is 32.1. The number of thiophene rings is 1. The molecule has 1 spiro atoms. The lowest BCUT2D eigenvalue weighted by Gasteiger charge is -2.43. The Kier molecular flexibility index (Phi) is 5.16. The fourth-order valence-corrected chi connectivity index (χ4v) is 4.39. The van der Waals surface area contributed by atoms with Crippen molar-refractivity contribution < 1.29 is 9.53 Å². The Morgan fingerprint density at radius 1 is 1.41 bits per heavy atom. The predicted molar refractivity (Wildman–Crippen MR) is 89.2 cm³/mol. The molecular weight excluding hydrogens is 296 g/mol. The first-order valence-corrected chi connectivity index (χ1v) is 9.19. The SMILES string of the molecule is CCN1CCOC[C@@]2(CCCN(C(=O)Cc3cccs3)C2)C1. The third-order valence-corrected chi connectivity index (χ3v) is 5.76. The first-order chi connectivity index (χ1) is 10.7. The van der Waals surface area contributed by atoms with Gasteiger partial charge in [-0.25, -0.2) is 0 Å². The molecule has 3 rings (SSSR count). The molecule has 2 fully saturated rings. The predicted octanol–water partition coefficient (Wildman–Crippen LogP) is 2.25. The van der Waals surface area contributed by atoms with Crippen LogP contribution in [0, 0.1) is 5.41 Å². The van der Waals surface area contributed by atoms with E-state index in [4.69, 9.17) is 4.74 Å². The molecule has 0 aliphatic carbocycles. The zero-order valence-corrected chi connectivity index (χ0v) is 14.2. The molecule has 1 amide bonds. The van der Waals surface area contributed by atoms with E-state index in [-0.39, 0.29) is 11.3 Å². The van der Waals surface area contributed by atoms with Crippen LogP contribution < -0.4 is 0 Å². The monoisotopic (exact) mass is 322 g/mol. The van der Waals surface area contributed by atoms with Crippen molar-refractivity contribution in [2.24, 2.45) is 5.41 Å². The molecule has 1 aromatic rings. The number of amides is 1. The molecule has 2 aliphatic heterocycles. The number of carbonyl (C=O) groups excluding carboxylic acids is 1. The quantitative estimate of drug-likeness (QED) is 0.856. The van der Waals surface area contributed by atoms with Crippen LogP contribution in [0.5, 0.6) is 0 Å². The lowest BCUT2D eigenvalue weighted by molar-refractivity contribution is -0.135. The van der Waals surface area contributed by atoms with E-state index in [1.807, 2.05) is 11.4 Å². The Morgan fingerprint density at radius 2 is 2.32 bits per heavy atom. The van der Waals surface area contributed by atoms with Crippen LogP contribution in [0.3, 0.4) is 0 Å². The van der Waals surface area contributed by atoms with E-state index in [0.717, 1.165) is 57.2 Å². The van der Waals surface area contributed by atoms with Gasteiger partial charge in [0.25, 0.3) is 0 Å². The topological polar surface area (TPSA) is 32.8 Å². The minimum absolute atomic E-state index is 0.135. The second-order valence-corrected chi connectivity index (χ2v) is 7.63. The maximum atomic E-state index is 12.6. The Morgan fingerprint density at radius 3 is 3.09 bits per heavy atom. The Labute approximate surface area is 137 Å². The van der Waals surface area contributed by atoms with Crippen molar-refractivity contribution in [1.82, 2.24) is 9.80 Å². The van der Waals surface area contributed by atoms with Crippen molar-refractivity contribution in [2.75, 3.05) is 45.9 Å². The van der Waals surface area contributed by atoms with Crippen LogP contribution in [-0.2, 0) is 16.0 Å². The molecule has 0 bridgehead atoms. The minimum atomic E-state index is 0.135. The molecule has 1 atom stereocenters. The lowest BCUT2D eigenvalue weighted by atomic mass is 9.80. The second kappa shape index (κ2) is 7.11. The Hall–Kier alpha value is -0.910. The van der Waals surface area contributed by atoms with Crippen molar-refractivity contribution >= 4 is 17.2 Å². The van der Waals surface area contributed by atoms with Gasteiger partial charge < -0.3 is 14.5 Å². The van der Waals surface area contributed by atoms with Crippen LogP contribution in [0.15, 0.2) is 17.5 Å². The fourth-order valence-electron chi connectivity index (χ4n) is 3.69. The van der Waals surface area contributed by atoms with Crippen LogP contribution in [0.2, 0.25) is 0 Å². The number of piperidine rings is 1. The summed E-state index contributed by atoms with van der Waals surface area (Å²) in [4.78, 5) is 18.3. The fraction of sp³-hybridized carbons (Fsp3) is 0.706. The summed E-state index contributed by atoms with van der Waals surface area (Å²) < 4.78 is 5.88. The van der Waals surface area contributed by atoms with Crippen molar-refractivity contribution in [3.05, 3.63) is 22.4 Å². The van der Waals surface area contributed by atoms with E-state index in [1.54, 1.807) is 11.3 Å². The highest BCUT2D eigenvalue weighted by molar-refractivity contribution is 7.10.